The second-order valence-corrected chi connectivity index (χ2v) is 3.08. The van der Waals surface area contributed by atoms with E-state index < -0.39 is 5.60 Å². The molecule has 0 fully saturated rings. The summed E-state index contributed by atoms with van der Waals surface area (Å²) in [5, 5.41) is 9.75. The van der Waals surface area contributed by atoms with Gasteiger partial charge in [0.1, 0.15) is 0 Å². The Morgan fingerprint density at radius 1 is 1.42 bits per heavy atom. The molecule has 0 aromatic carbocycles. The second-order valence-electron chi connectivity index (χ2n) is 3.08. The standard InChI is InChI=1S/C9H21NO2/c1-3-9(11,8-10)6-5-7-12-4-2/h11H,3-8,10H2,1-2H3. The Morgan fingerprint density at radius 2 is 2.08 bits per heavy atom. The Morgan fingerprint density at radius 3 is 2.50 bits per heavy atom. The van der Waals surface area contributed by atoms with Gasteiger partial charge in [-0.1, -0.05) is 6.92 Å². The first-order chi connectivity index (χ1) is 5.68. The molecule has 0 heterocycles. The van der Waals surface area contributed by atoms with Crippen molar-refractivity contribution in [3.63, 3.8) is 0 Å². The van der Waals surface area contributed by atoms with Gasteiger partial charge in [-0.25, -0.2) is 0 Å². The molecule has 0 aromatic rings. The summed E-state index contributed by atoms with van der Waals surface area (Å²) in [6, 6.07) is 0. The summed E-state index contributed by atoms with van der Waals surface area (Å²) >= 11 is 0. The summed E-state index contributed by atoms with van der Waals surface area (Å²) in [5.41, 5.74) is 4.77. The number of hydrogen-bond acceptors (Lipinski definition) is 3. The molecule has 0 aliphatic rings. The van der Waals surface area contributed by atoms with Crippen molar-refractivity contribution in [2.24, 2.45) is 5.73 Å². The maximum absolute atomic E-state index is 9.75. The third-order valence-electron chi connectivity index (χ3n) is 2.17. The first kappa shape index (κ1) is 11.9. The third kappa shape index (κ3) is 4.70. The molecule has 1 atom stereocenters. The Balaban J connectivity index is 3.45. The van der Waals surface area contributed by atoms with Crippen molar-refractivity contribution in [1.82, 2.24) is 0 Å². The van der Waals surface area contributed by atoms with E-state index in [1.54, 1.807) is 0 Å². The van der Waals surface area contributed by atoms with E-state index in [1.165, 1.54) is 0 Å². The molecule has 3 heteroatoms. The molecule has 0 aliphatic carbocycles. The van der Waals surface area contributed by atoms with Crippen molar-refractivity contribution in [3.05, 3.63) is 0 Å². The smallest absolute Gasteiger partial charge is 0.0767 e. The lowest BCUT2D eigenvalue weighted by Gasteiger charge is -2.24. The fourth-order valence-electron chi connectivity index (χ4n) is 1.07. The molecule has 0 saturated heterocycles. The van der Waals surface area contributed by atoms with Gasteiger partial charge in [0.05, 0.1) is 5.60 Å². The predicted octanol–water partition coefficient (Wildman–Crippen LogP) is 0.903. The number of aliphatic hydroxyl groups is 1. The first-order valence-corrected chi connectivity index (χ1v) is 4.68. The number of rotatable bonds is 7. The van der Waals surface area contributed by atoms with Crippen LogP contribution in [0.15, 0.2) is 0 Å². The monoisotopic (exact) mass is 175 g/mol. The van der Waals surface area contributed by atoms with E-state index in [9.17, 15) is 5.11 Å². The Hall–Kier alpha value is -0.120. The zero-order chi connectivity index (χ0) is 9.45. The van der Waals surface area contributed by atoms with Gasteiger partial charge in [0, 0.05) is 19.8 Å². The molecular formula is C9H21NO2. The lowest BCUT2D eigenvalue weighted by atomic mass is 9.95. The van der Waals surface area contributed by atoms with Crippen molar-refractivity contribution < 1.29 is 9.84 Å². The molecule has 0 spiro atoms. The van der Waals surface area contributed by atoms with Crippen LogP contribution >= 0.6 is 0 Å². The minimum Gasteiger partial charge on any atom is -0.389 e. The number of ether oxygens (including phenoxy) is 1. The Bertz CT molecular complexity index is 103. The van der Waals surface area contributed by atoms with Crippen LogP contribution in [0.25, 0.3) is 0 Å². The normalized spacial score (nSPS) is 16.0. The zero-order valence-electron chi connectivity index (χ0n) is 8.18. The SMILES string of the molecule is CCOCCCC(O)(CC)CN. The molecule has 0 aliphatic heterocycles. The maximum Gasteiger partial charge on any atom is 0.0767 e. The fraction of sp³-hybridized carbons (Fsp3) is 1.00. The lowest BCUT2D eigenvalue weighted by Crippen LogP contribution is -2.37. The highest BCUT2D eigenvalue weighted by Crippen LogP contribution is 2.15. The summed E-state index contributed by atoms with van der Waals surface area (Å²) in [4.78, 5) is 0. The van der Waals surface area contributed by atoms with Crippen molar-refractivity contribution in [2.45, 2.75) is 38.7 Å². The average Bonchev–Trinajstić information content (AvgIpc) is 2.12. The van der Waals surface area contributed by atoms with Crippen LogP contribution in [0.1, 0.15) is 33.1 Å². The van der Waals surface area contributed by atoms with Gasteiger partial charge in [-0.2, -0.15) is 0 Å². The van der Waals surface area contributed by atoms with E-state index >= 15 is 0 Å². The van der Waals surface area contributed by atoms with Crippen molar-refractivity contribution in [3.8, 4) is 0 Å². The van der Waals surface area contributed by atoms with Gasteiger partial charge in [0.2, 0.25) is 0 Å². The van der Waals surface area contributed by atoms with Crippen LogP contribution in [0.2, 0.25) is 0 Å². The molecular weight excluding hydrogens is 154 g/mol. The van der Waals surface area contributed by atoms with Gasteiger partial charge in [-0.3, -0.25) is 0 Å². The summed E-state index contributed by atoms with van der Waals surface area (Å²) in [6.45, 7) is 5.73. The largest absolute Gasteiger partial charge is 0.389 e. The molecule has 0 amide bonds. The summed E-state index contributed by atoms with van der Waals surface area (Å²) in [6.07, 6.45) is 2.34. The van der Waals surface area contributed by atoms with Gasteiger partial charge in [-0.05, 0) is 26.2 Å². The van der Waals surface area contributed by atoms with E-state index in [0.29, 0.717) is 6.54 Å². The molecule has 0 rings (SSSR count). The summed E-state index contributed by atoms with van der Waals surface area (Å²) in [5.74, 6) is 0. The predicted molar refractivity (Wildman–Crippen MR) is 50.0 cm³/mol. The molecule has 3 N–H and O–H groups in total. The van der Waals surface area contributed by atoms with Crippen molar-refractivity contribution in [2.75, 3.05) is 19.8 Å². The lowest BCUT2D eigenvalue weighted by molar-refractivity contribution is 0.0245. The minimum atomic E-state index is -0.670. The summed E-state index contributed by atoms with van der Waals surface area (Å²) < 4.78 is 5.17. The highest BCUT2D eigenvalue weighted by molar-refractivity contribution is 4.77. The third-order valence-corrected chi connectivity index (χ3v) is 2.17. The van der Waals surface area contributed by atoms with Crippen LogP contribution in [-0.4, -0.2) is 30.5 Å². The summed E-state index contributed by atoms with van der Waals surface area (Å²) in [7, 11) is 0. The van der Waals surface area contributed by atoms with Crippen LogP contribution in [0.3, 0.4) is 0 Å². The van der Waals surface area contributed by atoms with Crippen LogP contribution in [0.4, 0.5) is 0 Å². The average molecular weight is 175 g/mol. The Labute approximate surface area is 74.9 Å². The topological polar surface area (TPSA) is 55.5 Å². The number of nitrogens with two attached hydrogens (primary N) is 1. The molecule has 12 heavy (non-hydrogen) atoms. The first-order valence-electron chi connectivity index (χ1n) is 4.68. The molecule has 74 valence electrons. The van der Waals surface area contributed by atoms with Gasteiger partial charge in [0.25, 0.3) is 0 Å². The van der Waals surface area contributed by atoms with E-state index in [4.69, 9.17) is 10.5 Å². The molecule has 1 unspecified atom stereocenters. The highest BCUT2D eigenvalue weighted by atomic mass is 16.5. The van der Waals surface area contributed by atoms with Gasteiger partial charge < -0.3 is 15.6 Å². The van der Waals surface area contributed by atoms with Crippen molar-refractivity contribution in [1.29, 1.82) is 0 Å². The molecule has 0 bridgehead atoms. The maximum atomic E-state index is 9.75. The number of hydrogen-bond donors (Lipinski definition) is 2. The minimum absolute atomic E-state index is 0.343. The van der Waals surface area contributed by atoms with E-state index in [-0.39, 0.29) is 0 Å². The fourth-order valence-corrected chi connectivity index (χ4v) is 1.07. The molecule has 0 radical (unpaired) electrons. The molecule has 3 nitrogen and oxygen atoms in total. The zero-order valence-corrected chi connectivity index (χ0v) is 8.18. The van der Waals surface area contributed by atoms with E-state index in [0.717, 1.165) is 32.5 Å². The molecule has 0 aromatic heterocycles. The van der Waals surface area contributed by atoms with Gasteiger partial charge in [0.15, 0.2) is 0 Å². The second kappa shape index (κ2) is 6.40. The van der Waals surface area contributed by atoms with Crippen LogP contribution in [0, 0.1) is 0 Å². The van der Waals surface area contributed by atoms with Crippen molar-refractivity contribution >= 4 is 0 Å². The van der Waals surface area contributed by atoms with Gasteiger partial charge >= 0.3 is 0 Å². The van der Waals surface area contributed by atoms with E-state index in [2.05, 4.69) is 0 Å². The van der Waals surface area contributed by atoms with Crippen LogP contribution in [0.5, 0.6) is 0 Å². The highest BCUT2D eigenvalue weighted by Gasteiger charge is 2.21. The van der Waals surface area contributed by atoms with E-state index in [1.807, 2.05) is 13.8 Å². The van der Waals surface area contributed by atoms with Crippen LogP contribution < -0.4 is 5.73 Å². The van der Waals surface area contributed by atoms with Crippen LogP contribution in [-0.2, 0) is 4.74 Å². The van der Waals surface area contributed by atoms with Gasteiger partial charge in [-0.15, -0.1) is 0 Å². The quantitative estimate of drug-likeness (QED) is 0.565. The Kier molecular flexibility index (Phi) is 6.34. The molecule has 0 saturated carbocycles.